The van der Waals surface area contributed by atoms with Crippen LogP contribution in [0.3, 0.4) is 0 Å². The smallest absolute Gasteiger partial charge is 0.220 e. The first-order valence-electron chi connectivity index (χ1n) is 8.05. The van der Waals surface area contributed by atoms with Gasteiger partial charge in [0.15, 0.2) is 6.10 Å². The number of rotatable bonds is 12. The van der Waals surface area contributed by atoms with Gasteiger partial charge in [-0.25, -0.2) is 0 Å². The van der Waals surface area contributed by atoms with Crippen molar-refractivity contribution in [1.82, 2.24) is 10.6 Å². The molecule has 6 nitrogen and oxygen atoms in total. The van der Waals surface area contributed by atoms with Crippen LogP contribution in [0.4, 0.5) is 0 Å². The molecule has 0 aromatic heterocycles. The summed E-state index contributed by atoms with van der Waals surface area (Å²) in [6.07, 6.45) is 3.41. The molecule has 21 heavy (non-hydrogen) atoms. The molecule has 1 saturated heterocycles. The zero-order valence-electron chi connectivity index (χ0n) is 13.6. The number of methoxy groups -OCH3 is 1. The summed E-state index contributed by atoms with van der Waals surface area (Å²) in [5.41, 5.74) is 0. The van der Waals surface area contributed by atoms with Crippen LogP contribution in [0.5, 0.6) is 0 Å². The Balaban J connectivity index is 2.09. The first kappa shape index (κ1) is 18.4. The molecule has 124 valence electrons. The SMILES string of the molecule is CNCC[N+]1(CCNC(=O)CCCCCOC)CC(O)C1. The van der Waals surface area contributed by atoms with E-state index in [1.165, 1.54) is 0 Å². The number of hydrogen-bond acceptors (Lipinski definition) is 4. The summed E-state index contributed by atoms with van der Waals surface area (Å²) in [4.78, 5) is 11.7. The number of nitrogens with one attached hydrogen (secondary N) is 2. The molecule has 0 aromatic rings. The fourth-order valence-corrected chi connectivity index (χ4v) is 2.90. The second-order valence-corrected chi connectivity index (χ2v) is 6.06. The van der Waals surface area contributed by atoms with Gasteiger partial charge < -0.3 is 25.0 Å². The van der Waals surface area contributed by atoms with Crippen molar-refractivity contribution in [3.8, 4) is 0 Å². The minimum absolute atomic E-state index is 0.139. The monoisotopic (exact) mass is 302 g/mol. The van der Waals surface area contributed by atoms with Crippen molar-refractivity contribution in [2.24, 2.45) is 0 Å². The number of aliphatic hydroxyl groups is 1. The van der Waals surface area contributed by atoms with Crippen molar-refractivity contribution < 1.29 is 19.1 Å². The molecule has 3 N–H and O–H groups in total. The molecule has 1 rings (SSSR count). The lowest BCUT2D eigenvalue weighted by Crippen LogP contribution is -2.69. The van der Waals surface area contributed by atoms with E-state index in [4.69, 9.17) is 4.74 Å². The molecule has 0 bridgehead atoms. The second-order valence-electron chi connectivity index (χ2n) is 6.06. The number of nitrogens with zero attached hydrogens (tertiary/aromatic N) is 1. The van der Waals surface area contributed by atoms with Gasteiger partial charge in [-0.3, -0.25) is 4.79 Å². The maximum Gasteiger partial charge on any atom is 0.220 e. The zero-order chi connectivity index (χ0) is 15.6. The van der Waals surface area contributed by atoms with Crippen LogP contribution in [-0.4, -0.2) is 81.6 Å². The molecule has 1 amide bonds. The molecule has 0 spiro atoms. The van der Waals surface area contributed by atoms with Crippen LogP contribution in [0.25, 0.3) is 0 Å². The Kier molecular flexibility index (Phi) is 8.84. The molecule has 0 aromatic carbocycles. The van der Waals surface area contributed by atoms with Crippen LogP contribution >= 0.6 is 0 Å². The molecule has 0 radical (unpaired) electrons. The van der Waals surface area contributed by atoms with Crippen molar-refractivity contribution in [2.45, 2.75) is 31.8 Å². The summed E-state index contributed by atoms with van der Waals surface area (Å²) in [5.74, 6) is 0.139. The molecule has 1 heterocycles. The van der Waals surface area contributed by atoms with Gasteiger partial charge in [0.25, 0.3) is 0 Å². The molecule has 6 heteroatoms. The normalized spacial score (nSPS) is 24.6. The Hall–Kier alpha value is -0.690. The van der Waals surface area contributed by atoms with Crippen LogP contribution in [0, 0.1) is 0 Å². The highest BCUT2D eigenvalue weighted by Crippen LogP contribution is 2.19. The second kappa shape index (κ2) is 10.1. The fourth-order valence-electron chi connectivity index (χ4n) is 2.90. The number of aliphatic hydroxyl groups excluding tert-OH is 1. The Labute approximate surface area is 128 Å². The largest absolute Gasteiger partial charge is 0.385 e. The molecular formula is C15H32N3O3+. The minimum Gasteiger partial charge on any atom is -0.385 e. The van der Waals surface area contributed by atoms with E-state index in [9.17, 15) is 9.90 Å². The first-order chi connectivity index (χ1) is 10.1. The lowest BCUT2D eigenvalue weighted by molar-refractivity contribution is -0.970. The number of carbonyl (C=O) groups excluding carboxylic acids is 1. The first-order valence-corrected chi connectivity index (χ1v) is 8.05. The minimum atomic E-state index is -0.168. The summed E-state index contributed by atoms with van der Waals surface area (Å²) in [5, 5.41) is 15.7. The van der Waals surface area contributed by atoms with E-state index in [1.54, 1.807) is 7.11 Å². The molecule has 1 aliphatic rings. The van der Waals surface area contributed by atoms with E-state index in [0.717, 1.165) is 63.1 Å². The number of ether oxygens (including phenoxy) is 1. The fraction of sp³-hybridized carbons (Fsp3) is 0.933. The number of likely N-dealkylation sites (tertiary alicyclic amines) is 1. The summed E-state index contributed by atoms with van der Waals surface area (Å²) >= 11 is 0. The van der Waals surface area contributed by atoms with Crippen molar-refractivity contribution in [2.75, 3.05) is 60.0 Å². The lowest BCUT2D eigenvalue weighted by atomic mass is 10.1. The van der Waals surface area contributed by atoms with Gasteiger partial charge >= 0.3 is 0 Å². The quantitative estimate of drug-likeness (QED) is 0.343. The highest BCUT2D eigenvalue weighted by Gasteiger charge is 2.41. The number of quaternary nitrogens is 1. The van der Waals surface area contributed by atoms with Crippen molar-refractivity contribution in [3.05, 3.63) is 0 Å². The predicted octanol–water partition coefficient (Wildman–Crippen LogP) is -0.280. The van der Waals surface area contributed by atoms with Gasteiger partial charge in [-0.15, -0.1) is 0 Å². The predicted molar refractivity (Wildman–Crippen MR) is 83.0 cm³/mol. The van der Waals surface area contributed by atoms with E-state index in [1.807, 2.05) is 7.05 Å². The standard InChI is InChI=1S/C15H31N3O3/c1-16-7-9-18(12-14(19)13-18)10-8-17-15(20)6-4-3-5-11-21-2/h14,16,19H,3-13H2,1-2H3/p+1. The Bertz CT molecular complexity index is 294. The molecular weight excluding hydrogens is 270 g/mol. The van der Waals surface area contributed by atoms with Gasteiger partial charge in [0.2, 0.25) is 5.91 Å². The maximum absolute atomic E-state index is 11.7. The number of unbranched alkanes of at least 4 members (excludes halogenated alkanes) is 2. The van der Waals surface area contributed by atoms with Crippen LogP contribution in [0.2, 0.25) is 0 Å². The van der Waals surface area contributed by atoms with E-state index >= 15 is 0 Å². The topological polar surface area (TPSA) is 70.6 Å². The Morgan fingerprint density at radius 2 is 1.95 bits per heavy atom. The third-order valence-corrected chi connectivity index (χ3v) is 4.19. The van der Waals surface area contributed by atoms with E-state index in [2.05, 4.69) is 10.6 Å². The van der Waals surface area contributed by atoms with Gasteiger partial charge in [0, 0.05) is 26.7 Å². The van der Waals surface area contributed by atoms with E-state index < -0.39 is 0 Å². The molecule has 0 saturated carbocycles. The van der Waals surface area contributed by atoms with Gasteiger partial charge in [-0.2, -0.15) is 0 Å². The molecule has 1 aliphatic heterocycles. The summed E-state index contributed by atoms with van der Waals surface area (Å²) in [6, 6.07) is 0. The van der Waals surface area contributed by atoms with Crippen LogP contribution < -0.4 is 10.6 Å². The van der Waals surface area contributed by atoms with Crippen LogP contribution in [-0.2, 0) is 9.53 Å². The number of hydrogen-bond donors (Lipinski definition) is 3. The van der Waals surface area contributed by atoms with Gasteiger partial charge in [-0.05, 0) is 19.9 Å². The van der Waals surface area contributed by atoms with Crippen LogP contribution in [0.1, 0.15) is 25.7 Å². The Morgan fingerprint density at radius 1 is 1.24 bits per heavy atom. The van der Waals surface area contributed by atoms with E-state index in [0.29, 0.717) is 13.0 Å². The zero-order valence-corrected chi connectivity index (χ0v) is 13.6. The molecule has 0 aliphatic carbocycles. The highest BCUT2D eigenvalue weighted by molar-refractivity contribution is 5.75. The average molecular weight is 302 g/mol. The van der Waals surface area contributed by atoms with Crippen LogP contribution in [0.15, 0.2) is 0 Å². The number of likely N-dealkylation sites (N-methyl/N-ethyl adjacent to an activating group) is 1. The third-order valence-electron chi connectivity index (χ3n) is 4.19. The Morgan fingerprint density at radius 3 is 2.57 bits per heavy atom. The summed E-state index contributed by atoms with van der Waals surface area (Å²) in [7, 11) is 3.64. The van der Waals surface area contributed by atoms with Crippen molar-refractivity contribution >= 4 is 5.91 Å². The highest BCUT2D eigenvalue weighted by atomic mass is 16.5. The van der Waals surface area contributed by atoms with Gasteiger partial charge in [0.1, 0.15) is 13.1 Å². The average Bonchev–Trinajstić information content (AvgIpc) is 2.43. The summed E-state index contributed by atoms with van der Waals surface area (Å²) in [6.45, 7) is 5.97. The number of amides is 1. The van der Waals surface area contributed by atoms with E-state index in [-0.39, 0.29) is 12.0 Å². The summed E-state index contributed by atoms with van der Waals surface area (Å²) < 4.78 is 5.90. The number of carbonyl (C=O) groups is 1. The molecule has 1 fully saturated rings. The molecule has 0 unspecified atom stereocenters. The third kappa shape index (κ3) is 7.22. The maximum atomic E-state index is 11.7. The van der Waals surface area contributed by atoms with Gasteiger partial charge in [0.05, 0.1) is 19.6 Å². The van der Waals surface area contributed by atoms with Gasteiger partial charge in [-0.1, -0.05) is 6.42 Å². The lowest BCUT2D eigenvalue weighted by Gasteiger charge is -2.48. The van der Waals surface area contributed by atoms with Crippen molar-refractivity contribution in [1.29, 1.82) is 0 Å². The molecule has 0 atom stereocenters. The van der Waals surface area contributed by atoms with Crippen molar-refractivity contribution in [3.63, 3.8) is 0 Å².